The van der Waals surface area contributed by atoms with E-state index in [-0.39, 0.29) is 0 Å². The number of ether oxygens (including phenoxy) is 2. The van der Waals surface area contributed by atoms with Crippen LogP contribution < -0.4 is 0 Å². The van der Waals surface area contributed by atoms with Crippen LogP contribution in [-0.4, -0.2) is 69.9 Å². The highest BCUT2D eigenvalue weighted by molar-refractivity contribution is 14.1. The molecular formula is C33H70Br2I2O4. The van der Waals surface area contributed by atoms with Crippen LogP contribution in [0.1, 0.15) is 148 Å². The molecule has 0 bridgehead atoms. The van der Waals surface area contributed by atoms with Crippen molar-refractivity contribution in [3.63, 3.8) is 0 Å². The Kier molecular flexibility index (Phi) is 70.7. The quantitative estimate of drug-likeness (QED) is 0.0446. The smallest absolute Gasteiger partial charge is 0.0465 e. The summed E-state index contributed by atoms with van der Waals surface area (Å²) < 4.78 is 12.8. The first-order valence-electron chi connectivity index (χ1n) is 16.7. The van der Waals surface area contributed by atoms with Crippen molar-refractivity contribution in [3.05, 3.63) is 0 Å². The van der Waals surface area contributed by atoms with Gasteiger partial charge in [-0.1, -0.05) is 167 Å². The molecule has 0 amide bonds. The fourth-order valence-corrected chi connectivity index (χ4v) is 5.54. The Morgan fingerprint density at radius 1 is 0.463 bits per heavy atom. The van der Waals surface area contributed by atoms with Crippen molar-refractivity contribution in [2.45, 2.75) is 148 Å². The Hall–Kier alpha value is 2.26. The van der Waals surface area contributed by atoms with Gasteiger partial charge in [0, 0.05) is 50.8 Å². The maximum absolute atomic E-state index is 8.50. The lowest BCUT2D eigenvalue weighted by atomic mass is 10.1. The minimum atomic E-state index is 0.349. The number of hydrogen-bond acceptors (Lipinski definition) is 4. The van der Waals surface area contributed by atoms with E-state index in [1.807, 2.05) is 6.92 Å². The first-order valence-corrected chi connectivity index (χ1v) is 22.0. The van der Waals surface area contributed by atoms with Gasteiger partial charge in [-0.3, -0.25) is 0 Å². The van der Waals surface area contributed by atoms with Crippen molar-refractivity contribution in [3.8, 4) is 0 Å². The van der Waals surface area contributed by atoms with Gasteiger partial charge >= 0.3 is 0 Å². The van der Waals surface area contributed by atoms with E-state index < -0.39 is 0 Å². The van der Waals surface area contributed by atoms with Gasteiger partial charge in [0.1, 0.15) is 0 Å². The number of rotatable bonds is 29. The second-order valence-corrected chi connectivity index (χ2v) is 13.9. The standard InChI is InChI=1S/C10H21IO.C9H19BrO.C8H17IO.C6H13BrO/c1-12-10-8-6-4-2-3-5-7-9-11;10-8-6-4-2-1-3-5-7-9-11;1-2-10-8-6-4-3-5-7-9;7-5-3-1-2-4-6-8/h2-10H2,1H3;11H,1-9H2;2-8H2,1H3;8H,1-6H2. The number of alkyl halides is 4. The summed E-state index contributed by atoms with van der Waals surface area (Å²) in [4.78, 5) is 0. The molecule has 0 saturated carbocycles. The fourth-order valence-electron chi connectivity index (χ4n) is 3.67. The zero-order chi connectivity index (χ0) is 31.3. The third-order valence-electron chi connectivity index (χ3n) is 6.19. The van der Waals surface area contributed by atoms with E-state index in [9.17, 15) is 0 Å². The van der Waals surface area contributed by atoms with Crippen molar-refractivity contribution in [1.29, 1.82) is 0 Å². The van der Waals surface area contributed by atoms with Crippen molar-refractivity contribution in [2.75, 3.05) is 59.7 Å². The summed E-state index contributed by atoms with van der Waals surface area (Å²) >= 11 is 11.6. The Morgan fingerprint density at radius 3 is 1.10 bits per heavy atom. The van der Waals surface area contributed by atoms with E-state index in [1.54, 1.807) is 7.11 Å². The van der Waals surface area contributed by atoms with Gasteiger partial charge in [-0.15, -0.1) is 0 Å². The molecule has 0 rings (SSSR count). The summed E-state index contributed by atoms with van der Waals surface area (Å²) in [7, 11) is 1.78. The number of aliphatic hydroxyl groups excluding tert-OH is 2. The van der Waals surface area contributed by atoms with Gasteiger partial charge in [-0.05, 0) is 67.1 Å². The molecule has 4 nitrogen and oxygen atoms in total. The highest BCUT2D eigenvalue weighted by Gasteiger charge is 1.91. The number of hydrogen-bond donors (Lipinski definition) is 2. The Bertz CT molecular complexity index is 342. The Labute approximate surface area is 302 Å². The number of unbranched alkanes of at least 4 members (excludes halogenated alkanes) is 18. The third-order valence-corrected chi connectivity index (χ3v) is 8.84. The maximum atomic E-state index is 8.50. The molecule has 2 N–H and O–H groups in total. The topological polar surface area (TPSA) is 58.9 Å². The average molecular weight is 945 g/mol. The van der Waals surface area contributed by atoms with Gasteiger partial charge < -0.3 is 19.7 Å². The molecule has 0 fully saturated rings. The molecule has 8 heteroatoms. The SMILES string of the molecule is CCOCCCCCCI.COCCCCCCCCCI.OCCCCCCBr.OCCCCCCCCCBr. The molecular weight excluding hydrogens is 874 g/mol. The molecule has 0 radical (unpaired) electrons. The summed E-state index contributed by atoms with van der Waals surface area (Å²) in [6.07, 6.45) is 28.4. The maximum Gasteiger partial charge on any atom is 0.0465 e. The van der Waals surface area contributed by atoms with Crippen LogP contribution >= 0.6 is 77.0 Å². The highest BCUT2D eigenvalue weighted by atomic mass is 127. The molecule has 0 saturated heterocycles. The third kappa shape index (κ3) is 70.1. The zero-order valence-corrected chi connectivity index (χ0v) is 34.6. The van der Waals surface area contributed by atoms with Gasteiger partial charge in [0.05, 0.1) is 0 Å². The molecule has 0 aliphatic carbocycles. The molecule has 0 unspecified atom stereocenters. The zero-order valence-electron chi connectivity index (χ0n) is 27.1. The molecule has 41 heavy (non-hydrogen) atoms. The lowest BCUT2D eigenvalue weighted by Crippen LogP contribution is -1.92. The van der Waals surface area contributed by atoms with Gasteiger partial charge in [0.15, 0.2) is 0 Å². The van der Waals surface area contributed by atoms with Gasteiger partial charge in [-0.25, -0.2) is 0 Å². The van der Waals surface area contributed by atoms with E-state index in [0.717, 1.165) is 43.3 Å². The fraction of sp³-hybridized carbons (Fsp3) is 1.00. The molecule has 0 aliphatic heterocycles. The first-order chi connectivity index (χ1) is 20.2. The van der Waals surface area contributed by atoms with Crippen LogP contribution in [0.4, 0.5) is 0 Å². The molecule has 0 heterocycles. The van der Waals surface area contributed by atoms with E-state index in [0.29, 0.717) is 13.2 Å². The van der Waals surface area contributed by atoms with Crippen molar-refractivity contribution >= 4 is 77.0 Å². The normalized spacial score (nSPS) is 10.2. The van der Waals surface area contributed by atoms with Crippen LogP contribution in [0.25, 0.3) is 0 Å². The minimum Gasteiger partial charge on any atom is -0.396 e. The lowest BCUT2D eigenvalue weighted by molar-refractivity contribution is 0.143. The van der Waals surface area contributed by atoms with Gasteiger partial charge in [-0.2, -0.15) is 0 Å². The van der Waals surface area contributed by atoms with E-state index >= 15 is 0 Å². The predicted octanol–water partition coefficient (Wildman–Crippen LogP) is 11.9. The van der Waals surface area contributed by atoms with Crippen LogP contribution in [0, 0.1) is 0 Å². The largest absolute Gasteiger partial charge is 0.396 e. The molecule has 0 aromatic rings. The number of aliphatic hydroxyl groups is 2. The number of methoxy groups -OCH3 is 1. The summed E-state index contributed by atoms with van der Waals surface area (Å²) in [5.74, 6) is 0. The van der Waals surface area contributed by atoms with Crippen LogP contribution in [0.2, 0.25) is 0 Å². The van der Waals surface area contributed by atoms with Crippen LogP contribution in [-0.2, 0) is 9.47 Å². The van der Waals surface area contributed by atoms with E-state index in [1.165, 1.54) is 137 Å². The minimum absolute atomic E-state index is 0.349. The van der Waals surface area contributed by atoms with E-state index in [4.69, 9.17) is 19.7 Å². The summed E-state index contributed by atoms with van der Waals surface area (Å²) in [6, 6.07) is 0. The Morgan fingerprint density at radius 2 is 0.780 bits per heavy atom. The average Bonchev–Trinajstić information content (AvgIpc) is 2.99. The Balaban J connectivity index is -0.000000225. The summed E-state index contributed by atoms with van der Waals surface area (Å²) in [6.45, 7) is 5.52. The summed E-state index contributed by atoms with van der Waals surface area (Å²) in [5, 5.41) is 19.1. The molecule has 0 aromatic carbocycles. The van der Waals surface area contributed by atoms with Gasteiger partial charge in [0.2, 0.25) is 0 Å². The predicted molar refractivity (Wildman–Crippen MR) is 209 cm³/mol. The van der Waals surface area contributed by atoms with Crippen molar-refractivity contribution in [2.24, 2.45) is 0 Å². The second-order valence-electron chi connectivity index (χ2n) is 10.2. The first kappa shape index (κ1) is 50.1. The molecule has 254 valence electrons. The summed E-state index contributed by atoms with van der Waals surface area (Å²) in [5.41, 5.74) is 0. The van der Waals surface area contributed by atoms with Crippen molar-refractivity contribution < 1.29 is 19.7 Å². The molecule has 0 aliphatic rings. The van der Waals surface area contributed by atoms with Crippen LogP contribution in [0.15, 0.2) is 0 Å². The monoisotopic (exact) mass is 942 g/mol. The number of halogens is 4. The highest BCUT2D eigenvalue weighted by Crippen LogP contribution is 2.09. The van der Waals surface area contributed by atoms with Crippen molar-refractivity contribution in [1.82, 2.24) is 0 Å². The molecule has 0 aromatic heterocycles. The van der Waals surface area contributed by atoms with Crippen LogP contribution in [0.3, 0.4) is 0 Å². The van der Waals surface area contributed by atoms with Crippen LogP contribution in [0.5, 0.6) is 0 Å². The second kappa shape index (κ2) is 57.9. The van der Waals surface area contributed by atoms with E-state index in [2.05, 4.69) is 77.0 Å². The molecule has 0 atom stereocenters. The van der Waals surface area contributed by atoms with Gasteiger partial charge in [0.25, 0.3) is 0 Å². The lowest BCUT2D eigenvalue weighted by Gasteiger charge is -2.00. The molecule has 0 spiro atoms.